The van der Waals surface area contributed by atoms with E-state index in [0.717, 1.165) is 12.8 Å². The van der Waals surface area contributed by atoms with Crippen molar-refractivity contribution in [2.24, 2.45) is 5.73 Å². The normalized spacial score (nSPS) is 12.7. The van der Waals surface area contributed by atoms with E-state index in [9.17, 15) is 0 Å². The highest BCUT2D eigenvalue weighted by Crippen LogP contribution is 2.25. The van der Waals surface area contributed by atoms with Gasteiger partial charge in [-0.3, -0.25) is 0 Å². The summed E-state index contributed by atoms with van der Waals surface area (Å²) in [5.74, 6) is 0. The number of nitrogens with two attached hydrogens (primary N) is 1. The third-order valence-electron chi connectivity index (χ3n) is 3.53. The van der Waals surface area contributed by atoms with Crippen LogP contribution >= 0.6 is 11.3 Å². The van der Waals surface area contributed by atoms with Gasteiger partial charge in [-0.15, -0.1) is 11.3 Å². The lowest BCUT2D eigenvalue weighted by molar-refractivity contribution is 0.723. The van der Waals surface area contributed by atoms with Gasteiger partial charge in [0.05, 0.1) is 0 Å². The quantitative estimate of drug-likeness (QED) is 0.876. The monoisotopic (exact) mass is 259 g/mol. The van der Waals surface area contributed by atoms with Crippen LogP contribution in [0.25, 0.3) is 0 Å². The smallest absolute Gasteiger partial charge is 0.0346 e. The topological polar surface area (TPSA) is 26.0 Å². The molecule has 2 aromatic rings. The molecule has 1 nitrogen and oxygen atoms in total. The molecule has 0 amide bonds. The Labute approximate surface area is 114 Å². The van der Waals surface area contributed by atoms with Crippen molar-refractivity contribution in [3.05, 3.63) is 56.8 Å². The summed E-state index contributed by atoms with van der Waals surface area (Å²) in [6, 6.07) is 10.9. The zero-order valence-corrected chi connectivity index (χ0v) is 12.2. The lowest BCUT2D eigenvalue weighted by atomic mass is 9.96. The van der Waals surface area contributed by atoms with E-state index in [1.54, 1.807) is 0 Å². The zero-order chi connectivity index (χ0) is 13.1. The van der Waals surface area contributed by atoms with Crippen molar-refractivity contribution in [1.29, 1.82) is 0 Å². The Kier molecular flexibility index (Phi) is 4.20. The van der Waals surface area contributed by atoms with Crippen molar-refractivity contribution in [3.63, 3.8) is 0 Å². The minimum Gasteiger partial charge on any atom is -0.324 e. The number of thiophene rings is 1. The van der Waals surface area contributed by atoms with E-state index in [4.69, 9.17) is 5.73 Å². The Balaban J connectivity index is 2.16. The third-order valence-corrected chi connectivity index (χ3v) is 4.78. The van der Waals surface area contributed by atoms with Gasteiger partial charge < -0.3 is 5.73 Å². The van der Waals surface area contributed by atoms with Crippen molar-refractivity contribution in [3.8, 4) is 0 Å². The van der Waals surface area contributed by atoms with Gasteiger partial charge in [-0.1, -0.05) is 25.1 Å². The van der Waals surface area contributed by atoms with Crippen LogP contribution < -0.4 is 5.73 Å². The van der Waals surface area contributed by atoms with E-state index in [1.165, 1.54) is 26.4 Å². The predicted molar refractivity (Wildman–Crippen MR) is 80.2 cm³/mol. The van der Waals surface area contributed by atoms with Crippen LogP contribution in [0.1, 0.15) is 39.4 Å². The summed E-state index contributed by atoms with van der Waals surface area (Å²) < 4.78 is 0. The molecule has 2 rings (SSSR count). The Morgan fingerprint density at radius 1 is 1.11 bits per heavy atom. The largest absolute Gasteiger partial charge is 0.324 e. The summed E-state index contributed by atoms with van der Waals surface area (Å²) in [6.07, 6.45) is 2.05. The van der Waals surface area contributed by atoms with Gasteiger partial charge in [0.25, 0.3) is 0 Å². The minimum atomic E-state index is 0.105. The average Bonchev–Trinajstić information content (AvgIpc) is 2.80. The molecule has 18 heavy (non-hydrogen) atoms. The number of benzene rings is 1. The number of hydrogen-bond donors (Lipinski definition) is 1. The molecule has 1 heterocycles. The molecular weight excluding hydrogens is 238 g/mol. The fourth-order valence-corrected chi connectivity index (χ4v) is 3.24. The van der Waals surface area contributed by atoms with Crippen LogP contribution in [-0.2, 0) is 12.8 Å². The molecule has 2 N–H and O–H groups in total. The maximum atomic E-state index is 6.35. The fraction of sp³-hybridized carbons (Fsp3) is 0.375. The molecule has 0 aliphatic rings. The predicted octanol–water partition coefficient (Wildman–Crippen LogP) is 4.17. The van der Waals surface area contributed by atoms with E-state index >= 15 is 0 Å². The molecule has 0 fully saturated rings. The standard InChI is InChI=1S/C16H21NS/c1-4-13-8-9-14(18-13)10-16(17)15-7-5-6-11(2)12(15)3/h5-9,16H,4,10,17H2,1-3H3. The summed E-state index contributed by atoms with van der Waals surface area (Å²) in [4.78, 5) is 2.83. The van der Waals surface area contributed by atoms with E-state index in [0.29, 0.717) is 0 Å². The van der Waals surface area contributed by atoms with Crippen LogP contribution in [0.5, 0.6) is 0 Å². The van der Waals surface area contributed by atoms with Gasteiger partial charge in [0.1, 0.15) is 0 Å². The molecule has 0 aliphatic heterocycles. The van der Waals surface area contributed by atoms with Crippen molar-refractivity contribution >= 4 is 11.3 Å². The van der Waals surface area contributed by atoms with Crippen molar-refractivity contribution < 1.29 is 0 Å². The molecule has 96 valence electrons. The first-order valence-corrected chi connectivity index (χ1v) is 7.32. The van der Waals surface area contributed by atoms with Crippen molar-refractivity contribution in [1.82, 2.24) is 0 Å². The summed E-state index contributed by atoms with van der Waals surface area (Å²) in [5.41, 5.74) is 10.3. The molecule has 0 saturated heterocycles. The first-order chi connectivity index (χ1) is 8.61. The minimum absolute atomic E-state index is 0.105. The van der Waals surface area contributed by atoms with Crippen LogP contribution in [-0.4, -0.2) is 0 Å². The molecule has 0 radical (unpaired) electrons. The Morgan fingerprint density at radius 3 is 2.50 bits per heavy atom. The SMILES string of the molecule is CCc1ccc(CC(N)c2cccc(C)c2C)s1. The van der Waals surface area contributed by atoms with Gasteiger partial charge in [-0.05, 0) is 49.1 Å². The number of rotatable bonds is 4. The van der Waals surface area contributed by atoms with Crippen LogP contribution in [0.2, 0.25) is 0 Å². The average molecular weight is 259 g/mol. The van der Waals surface area contributed by atoms with E-state index in [2.05, 4.69) is 51.1 Å². The summed E-state index contributed by atoms with van der Waals surface area (Å²) in [7, 11) is 0. The first kappa shape index (κ1) is 13.3. The summed E-state index contributed by atoms with van der Waals surface area (Å²) in [6.45, 7) is 6.50. The maximum absolute atomic E-state index is 6.35. The zero-order valence-electron chi connectivity index (χ0n) is 11.4. The summed E-state index contributed by atoms with van der Waals surface area (Å²) in [5, 5.41) is 0. The third kappa shape index (κ3) is 2.82. The second-order valence-corrected chi connectivity index (χ2v) is 6.07. The molecule has 0 aliphatic carbocycles. The van der Waals surface area contributed by atoms with Crippen LogP contribution in [0, 0.1) is 13.8 Å². The molecule has 0 bridgehead atoms. The van der Waals surface area contributed by atoms with E-state index in [1.807, 2.05) is 11.3 Å². The van der Waals surface area contributed by atoms with Gasteiger partial charge in [0, 0.05) is 22.2 Å². The molecule has 0 spiro atoms. The molecule has 1 atom stereocenters. The molecule has 1 aromatic carbocycles. The molecule has 1 aromatic heterocycles. The van der Waals surface area contributed by atoms with Gasteiger partial charge in [0.15, 0.2) is 0 Å². The number of hydrogen-bond acceptors (Lipinski definition) is 2. The van der Waals surface area contributed by atoms with Crippen LogP contribution in [0.15, 0.2) is 30.3 Å². The van der Waals surface area contributed by atoms with Crippen LogP contribution in [0.3, 0.4) is 0 Å². The second kappa shape index (κ2) is 5.68. The van der Waals surface area contributed by atoms with Gasteiger partial charge >= 0.3 is 0 Å². The van der Waals surface area contributed by atoms with Crippen LogP contribution in [0.4, 0.5) is 0 Å². The lowest BCUT2D eigenvalue weighted by Crippen LogP contribution is -2.14. The van der Waals surface area contributed by atoms with Gasteiger partial charge in [-0.25, -0.2) is 0 Å². The highest BCUT2D eigenvalue weighted by atomic mass is 32.1. The highest BCUT2D eigenvalue weighted by molar-refractivity contribution is 7.11. The lowest BCUT2D eigenvalue weighted by Gasteiger charge is -2.15. The van der Waals surface area contributed by atoms with Crippen molar-refractivity contribution in [2.75, 3.05) is 0 Å². The molecule has 1 unspecified atom stereocenters. The molecule has 0 saturated carbocycles. The van der Waals surface area contributed by atoms with Gasteiger partial charge in [0.2, 0.25) is 0 Å². The summed E-state index contributed by atoms with van der Waals surface area (Å²) >= 11 is 1.89. The number of aryl methyl sites for hydroxylation is 2. The maximum Gasteiger partial charge on any atom is 0.0346 e. The Hall–Kier alpha value is -1.12. The highest BCUT2D eigenvalue weighted by Gasteiger charge is 2.12. The second-order valence-electron chi connectivity index (χ2n) is 4.82. The van der Waals surface area contributed by atoms with Gasteiger partial charge in [-0.2, -0.15) is 0 Å². The fourth-order valence-electron chi connectivity index (χ4n) is 2.22. The van der Waals surface area contributed by atoms with E-state index in [-0.39, 0.29) is 6.04 Å². The Morgan fingerprint density at radius 2 is 1.83 bits per heavy atom. The van der Waals surface area contributed by atoms with Crippen molar-refractivity contribution in [2.45, 2.75) is 39.7 Å². The Bertz CT molecular complexity index is 528. The molecule has 2 heteroatoms. The van der Waals surface area contributed by atoms with E-state index < -0.39 is 0 Å². The first-order valence-electron chi connectivity index (χ1n) is 6.51. The molecular formula is C16H21NS.